The number of benzene rings is 1. The summed E-state index contributed by atoms with van der Waals surface area (Å²) >= 11 is 0. The molecule has 0 spiro atoms. The van der Waals surface area contributed by atoms with Crippen LogP contribution >= 0.6 is 10.7 Å². The maximum atomic E-state index is 12.4. The van der Waals surface area contributed by atoms with Crippen molar-refractivity contribution in [3.05, 3.63) is 6.07 Å². The van der Waals surface area contributed by atoms with Gasteiger partial charge in [-0.15, -0.1) is 0 Å². The van der Waals surface area contributed by atoms with Crippen molar-refractivity contribution in [2.75, 3.05) is 26.4 Å². The van der Waals surface area contributed by atoms with Crippen LogP contribution in [-0.2, 0) is 9.05 Å². The van der Waals surface area contributed by atoms with Crippen LogP contribution in [-0.4, -0.2) is 34.8 Å². The molecule has 0 atom stereocenters. The summed E-state index contributed by atoms with van der Waals surface area (Å²) in [4.78, 5) is -0.152. The lowest BCUT2D eigenvalue weighted by Gasteiger charge is -2.22. The molecule has 0 radical (unpaired) electrons. The summed E-state index contributed by atoms with van der Waals surface area (Å²) in [5.74, 6) is 1.05. The van der Waals surface area contributed by atoms with Crippen LogP contribution in [0, 0.1) is 0 Å². The van der Waals surface area contributed by atoms with Crippen molar-refractivity contribution in [3.63, 3.8) is 0 Å². The highest BCUT2D eigenvalue weighted by Crippen LogP contribution is 2.49. The number of unbranched alkanes of at least 4 members (excludes halogenated alkanes) is 4. The van der Waals surface area contributed by atoms with Crippen LogP contribution in [0.2, 0.25) is 0 Å². The van der Waals surface area contributed by atoms with E-state index in [0.717, 1.165) is 51.4 Å². The number of hydrogen-bond acceptors (Lipinski definition) is 6. The van der Waals surface area contributed by atoms with Gasteiger partial charge in [0.05, 0.1) is 26.4 Å². The molecule has 0 saturated carbocycles. The van der Waals surface area contributed by atoms with Crippen molar-refractivity contribution in [1.29, 1.82) is 0 Å². The molecule has 30 heavy (non-hydrogen) atoms. The van der Waals surface area contributed by atoms with Gasteiger partial charge in [-0.1, -0.05) is 53.4 Å². The molecule has 0 bridgehead atoms. The highest BCUT2D eigenvalue weighted by atomic mass is 35.7. The van der Waals surface area contributed by atoms with E-state index in [1.807, 2.05) is 6.92 Å². The van der Waals surface area contributed by atoms with Crippen molar-refractivity contribution in [2.45, 2.75) is 84.0 Å². The lowest BCUT2D eigenvalue weighted by molar-refractivity contribution is 0.218. The van der Waals surface area contributed by atoms with Gasteiger partial charge in [-0.3, -0.25) is 0 Å². The largest absolute Gasteiger partial charge is 0.489 e. The molecule has 0 aliphatic heterocycles. The predicted octanol–water partition coefficient (Wildman–Crippen LogP) is 6.33. The van der Waals surface area contributed by atoms with Gasteiger partial charge in [0, 0.05) is 16.7 Å². The Balaban J connectivity index is 3.54. The number of halogens is 1. The first-order valence-corrected chi connectivity index (χ1v) is 13.4. The fourth-order valence-electron chi connectivity index (χ4n) is 2.55. The van der Waals surface area contributed by atoms with Crippen LogP contribution in [0.15, 0.2) is 11.0 Å². The highest BCUT2D eigenvalue weighted by molar-refractivity contribution is 8.13. The molecule has 0 amide bonds. The monoisotopic (exact) mass is 464 g/mol. The first kappa shape index (κ1) is 26.7. The Labute approximate surface area is 186 Å². The molecular weight excluding hydrogens is 428 g/mol. The van der Waals surface area contributed by atoms with Gasteiger partial charge in [0.1, 0.15) is 4.90 Å². The van der Waals surface area contributed by atoms with E-state index in [9.17, 15) is 8.42 Å². The summed E-state index contributed by atoms with van der Waals surface area (Å²) in [6, 6.07) is 1.40. The first-order chi connectivity index (χ1) is 14.4. The van der Waals surface area contributed by atoms with Crippen LogP contribution in [0.3, 0.4) is 0 Å². The minimum absolute atomic E-state index is 0.101. The molecular formula is C22H37ClO6S. The number of hydrogen-bond donors (Lipinski definition) is 0. The Kier molecular flexibility index (Phi) is 13.0. The van der Waals surface area contributed by atoms with Crippen LogP contribution in [0.4, 0.5) is 0 Å². The van der Waals surface area contributed by atoms with E-state index in [1.165, 1.54) is 6.07 Å². The second-order valence-electron chi connectivity index (χ2n) is 7.11. The quantitative estimate of drug-likeness (QED) is 0.198. The number of rotatable bonds is 17. The Bertz CT molecular complexity index is 721. The standard InChI is InChI=1S/C22H37ClO6S/c1-5-9-13-26-18-17-19(30(23,24)25)21(28-15-11-7-3)22(29-16-12-8-4)20(18)27-14-10-6-2/h17H,5-16H2,1-4H3. The molecule has 0 saturated heterocycles. The van der Waals surface area contributed by atoms with Gasteiger partial charge >= 0.3 is 0 Å². The van der Waals surface area contributed by atoms with Crippen molar-refractivity contribution in [3.8, 4) is 23.0 Å². The highest BCUT2D eigenvalue weighted by Gasteiger charge is 2.29. The van der Waals surface area contributed by atoms with E-state index in [-0.39, 0.29) is 16.4 Å². The summed E-state index contributed by atoms with van der Waals surface area (Å²) in [7, 11) is 1.68. The second-order valence-corrected chi connectivity index (χ2v) is 9.64. The van der Waals surface area contributed by atoms with Gasteiger partial charge in [0.15, 0.2) is 11.5 Å². The Morgan fingerprint density at radius 2 is 1.07 bits per heavy atom. The molecule has 1 rings (SSSR count). The summed E-state index contributed by atoms with van der Waals surface area (Å²) in [5, 5.41) is 0. The zero-order valence-corrected chi connectivity index (χ0v) is 20.4. The molecule has 0 heterocycles. The molecule has 174 valence electrons. The Morgan fingerprint density at radius 3 is 1.50 bits per heavy atom. The lowest BCUT2D eigenvalue weighted by atomic mass is 10.2. The van der Waals surface area contributed by atoms with Crippen LogP contribution < -0.4 is 18.9 Å². The van der Waals surface area contributed by atoms with Gasteiger partial charge in [-0.25, -0.2) is 8.42 Å². The topological polar surface area (TPSA) is 71.1 Å². The Hall–Kier alpha value is -1.34. The van der Waals surface area contributed by atoms with Crippen molar-refractivity contribution in [2.24, 2.45) is 0 Å². The van der Waals surface area contributed by atoms with Crippen molar-refractivity contribution >= 4 is 19.7 Å². The summed E-state index contributed by atoms with van der Waals surface area (Å²) in [5.41, 5.74) is 0. The second kappa shape index (κ2) is 14.6. The smallest absolute Gasteiger partial charge is 0.265 e. The molecule has 0 aromatic heterocycles. The van der Waals surface area contributed by atoms with E-state index in [2.05, 4.69) is 20.8 Å². The maximum absolute atomic E-state index is 12.4. The molecule has 8 heteroatoms. The zero-order chi connectivity index (χ0) is 22.4. The molecule has 1 aromatic carbocycles. The van der Waals surface area contributed by atoms with Crippen LogP contribution in [0.1, 0.15) is 79.1 Å². The fourth-order valence-corrected chi connectivity index (χ4v) is 3.52. The molecule has 0 fully saturated rings. The maximum Gasteiger partial charge on any atom is 0.265 e. The van der Waals surface area contributed by atoms with E-state index in [4.69, 9.17) is 29.6 Å². The minimum atomic E-state index is -4.09. The Morgan fingerprint density at radius 1 is 0.667 bits per heavy atom. The van der Waals surface area contributed by atoms with Crippen molar-refractivity contribution in [1.82, 2.24) is 0 Å². The third kappa shape index (κ3) is 8.80. The summed E-state index contributed by atoms with van der Waals surface area (Å²) in [6.07, 6.45) is 7.03. The van der Waals surface area contributed by atoms with Crippen molar-refractivity contribution < 1.29 is 27.4 Å². The third-order valence-electron chi connectivity index (χ3n) is 4.37. The van der Waals surface area contributed by atoms with Gasteiger partial charge in [0.25, 0.3) is 9.05 Å². The number of ether oxygens (including phenoxy) is 4. The van der Waals surface area contributed by atoms with E-state index in [1.54, 1.807) is 0 Å². The lowest BCUT2D eigenvalue weighted by Crippen LogP contribution is -2.11. The molecule has 0 N–H and O–H groups in total. The summed E-state index contributed by atoms with van der Waals surface area (Å²) < 4.78 is 48.5. The van der Waals surface area contributed by atoms with Gasteiger partial charge < -0.3 is 18.9 Å². The van der Waals surface area contributed by atoms with Gasteiger partial charge in [-0.05, 0) is 25.7 Å². The van der Waals surface area contributed by atoms with Crippen LogP contribution in [0.25, 0.3) is 0 Å². The average molecular weight is 465 g/mol. The third-order valence-corrected chi connectivity index (χ3v) is 5.70. The van der Waals surface area contributed by atoms with Gasteiger partial charge in [-0.2, -0.15) is 0 Å². The first-order valence-electron chi connectivity index (χ1n) is 11.1. The molecule has 0 aliphatic rings. The average Bonchev–Trinajstić information content (AvgIpc) is 2.70. The van der Waals surface area contributed by atoms with E-state index < -0.39 is 9.05 Å². The molecule has 6 nitrogen and oxygen atoms in total. The van der Waals surface area contributed by atoms with E-state index >= 15 is 0 Å². The SMILES string of the molecule is CCCCOc1cc(S(=O)(=O)Cl)c(OCCCC)c(OCCCC)c1OCCCC. The predicted molar refractivity (Wildman–Crippen MR) is 121 cm³/mol. The van der Waals surface area contributed by atoms with Crippen LogP contribution in [0.5, 0.6) is 23.0 Å². The zero-order valence-electron chi connectivity index (χ0n) is 18.8. The molecule has 0 aliphatic carbocycles. The minimum Gasteiger partial charge on any atom is -0.489 e. The normalized spacial score (nSPS) is 11.4. The molecule has 0 unspecified atom stereocenters. The molecule has 1 aromatic rings. The summed E-state index contributed by atoms with van der Waals surface area (Å²) in [6.45, 7) is 9.88. The van der Waals surface area contributed by atoms with Gasteiger partial charge in [0.2, 0.25) is 11.5 Å². The fraction of sp³-hybridized carbons (Fsp3) is 0.727. The van der Waals surface area contributed by atoms with E-state index in [0.29, 0.717) is 37.9 Å².